The molecule has 2 heterocycles. The lowest BCUT2D eigenvalue weighted by Gasteiger charge is -2.14. The molecule has 1 N–H and O–H groups in total. The first-order valence-electron chi connectivity index (χ1n) is 8.56. The van der Waals surface area contributed by atoms with Gasteiger partial charge in [-0.2, -0.15) is 0 Å². The first-order valence-corrected chi connectivity index (χ1v) is 9.44. The summed E-state index contributed by atoms with van der Waals surface area (Å²) in [4.78, 5) is 14.1. The minimum Gasteiger partial charge on any atom is -0.343 e. The van der Waals surface area contributed by atoms with Crippen molar-refractivity contribution >= 4 is 22.9 Å². The van der Waals surface area contributed by atoms with Crippen LogP contribution in [0.3, 0.4) is 0 Å². The lowest BCUT2D eigenvalue weighted by Crippen LogP contribution is -2.15. The third-order valence-corrected chi connectivity index (χ3v) is 5.40. The number of carbonyl (C=O) groups is 1. The molecule has 3 aromatic rings. The van der Waals surface area contributed by atoms with Gasteiger partial charge in [-0.15, -0.1) is 11.3 Å². The van der Waals surface area contributed by atoms with Crippen LogP contribution in [0.2, 0.25) is 0 Å². The molecule has 3 rings (SSSR count). The maximum absolute atomic E-state index is 12.9. The molecule has 0 radical (unpaired) electrons. The number of anilines is 1. The average molecular weight is 353 g/mol. The van der Waals surface area contributed by atoms with Crippen molar-refractivity contribution in [2.75, 3.05) is 5.32 Å². The second-order valence-electron chi connectivity index (χ2n) is 6.65. The van der Waals surface area contributed by atoms with Crippen LogP contribution < -0.4 is 5.32 Å². The predicted molar refractivity (Wildman–Crippen MR) is 106 cm³/mol. The van der Waals surface area contributed by atoms with Crippen molar-refractivity contribution in [3.63, 3.8) is 0 Å². The number of rotatable bonds is 5. The highest BCUT2D eigenvalue weighted by atomic mass is 32.1. The summed E-state index contributed by atoms with van der Waals surface area (Å²) in [7, 11) is 0. The monoisotopic (exact) mass is 352 g/mol. The van der Waals surface area contributed by atoms with Crippen LogP contribution in [0, 0.1) is 13.8 Å². The summed E-state index contributed by atoms with van der Waals surface area (Å²) in [5.74, 6) is 0.321. The molecule has 0 unspecified atom stereocenters. The molecule has 3 nitrogen and oxygen atoms in total. The summed E-state index contributed by atoms with van der Waals surface area (Å²) in [6.07, 6.45) is 0. The summed E-state index contributed by atoms with van der Waals surface area (Å²) >= 11 is 1.74. The van der Waals surface area contributed by atoms with Gasteiger partial charge in [-0.05, 0) is 48.9 Å². The highest BCUT2D eigenvalue weighted by molar-refractivity contribution is 7.09. The zero-order valence-corrected chi connectivity index (χ0v) is 16.0. The maximum Gasteiger partial charge on any atom is 0.257 e. The van der Waals surface area contributed by atoms with Gasteiger partial charge in [0.25, 0.3) is 5.91 Å². The predicted octanol–water partition coefficient (Wildman–Crippen LogP) is 5.59. The van der Waals surface area contributed by atoms with Gasteiger partial charge < -0.3 is 9.88 Å². The van der Waals surface area contributed by atoms with E-state index in [0.29, 0.717) is 5.92 Å². The van der Waals surface area contributed by atoms with Crippen molar-refractivity contribution in [2.45, 2.75) is 40.2 Å². The van der Waals surface area contributed by atoms with E-state index in [1.807, 2.05) is 31.2 Å². The van der Waals surface area contributed by atoms with Gasteiger partial charge in [-0.1, -0.05) is 38.1 Å². The van der Waals surface area contributed by atoms with Crippen LogP contribution in [0.15, 0.2) is 47.8 Å². The van der Waals surface area contributed by atoms with Gasteiger partial charge in [-0.3, -0.25) is 4.79 Å². The van der Waals surface area contributed by atoms with Gasteiger partial charge in [-0.25, -0.2) is 0 Å². The molecule has 0 saturated heterocycles. The summed E-state index contributed by atoms with van der Waals surface area (Å²) in [6, 6.07) is 14.2. The third kappa shape index (κ3) is 3.69. The summed E-state index contributed by atoms with van der Waals surface area (Å²) in [5.41, 5.74) is 4.90. The van der Waals surface area contributed by atoms with Crippen molar-refractivity contribution in [2.24, 2.45) is 0 Å². The molecular weight excluding hydrogens is 328 g/mol. The molecule has 1 aromatic carbocycles. The largest absolute Gasteiger partial charge is 0.343 e. The van der Waals surface area contributed by atoms with E-state index >= 15 is 0 Å². The van der Waals surface area contributed by atoms with Crippen LogP contribution in [0.5, 0.6) is 0 Å². The Hall–Kier alpha value is -2.33. The number of nitrogens with one attached hydrogen (secondary N) is 1. The number of carbonyl (C=O) groups excluding carboxylic acids is 1. The number of amides is 1. The van der Waals surface area contributed by atoms with E-state index in [1.165, 1.54) is 4.88 Å². The molecule has 0 saturated carbocycles. The number of aromatic nitrogens is 1. The van der Waals surface area contributed by atoms with Crippen LogP contribution in [0.1, 0.15) is 52.0 Å². The Morgan fingerprint density at radius 1 is 1.16 bits per heavy atom. The van der Waals surface area contributed by atoms with E-state index in [-0.39, 0.29) is 5.91 Å². The highest BCUT2D eigenvalue weighted by Crippen LogP contribution is 2.25. The molecule has 0 spiro atoms. The normalized spacial score (nSPS) is 11.1. The number of hydrogen-bond acceptors (Lipinski definition) is 2. The molecule has 0 bridgehead atoms. The Morgan fingerprint density at radius 2 is 1.92 bits per heavy atom. The molecule has 0 aliphatic carbocycles. The van der Waals surface area contributed by atoms with Crippen LogP contribution in [0.4, 0.5) is 5.69 Å². The van der Waals surface area contributed by atoms with Crippen molar-refractivity contribution in [1.82, 2.24) is 4.57 Å². The zero-order valence-electron chi connectivity index (χ0n) is 15.2. The molecule has 1 amide bonds. The van der Waals surface area contributed by atoms with Crippen LogP contribution in [-0.4, -0.2) is 10.5 Å². The topological polar surface area (TPSA) is 34.0 Å². The third-order valence-electron chi connectivity index (χ3n) is 4.54. The van der Waals surface area contributed by atoms with E-state index in [4.69, 9.17) is 0 Å². The first kappa shape index (κ1) is 17.5. The number of aryl methyl sites for hydroxylation is 1. The van der Waals surface area contributed by atoms with E-state index < -0.39 is 0 Å². The van der Waals surface area contributed by atoms with E-state index in [0.717, 1.165) is 34.7 Å². The lowest BCUT2D eigenvalue weighted by molar-refractivity contribution is 0.102. The molecular formula is C21H24N2OS. The summed E-state index contributed by atoms with van der Waals surface area (Å²) in [5, 5.41) is 5.18. The van der Waals surface area contributed by atoms with E-state index in [2.05, 4.69) is 54.2 Å². The van der Waals surface area contributed by atoms with Gasteiger partial charge in [0.2, 0.25) is 0 Å². The highest BCUT2D eigenvalue weighted by Gasteiger charge is 2.17. The number of thiophene rings is 1. The van der Waals surface area contributed by atoms with Gasteiger partial charge in [0, 0.05) is 22.0 Å². The van der Waals surface area contributed by atoms with Gasteiger partial charge in [0.15, 0.2) is 0 Å². The molecule has 0 atom stereocenters. The standard InChI is InChI=1S/C21H24N2OS/c1-14(2)18-9-5-6-10-20(18)22-21(24)19-12-15(3)23(16(19)4)13-17-8-7-11-25-17/h5-12,14H,13H2,1-4H3,(H,22,24). The fourth-order valence-corrected chi connectivity index (χ4v) is 3.83. The van der Waals surface area contributed by atoms with Gasteiger partial charge in [0.05, 0.1) is 12.1 Å². The Kier molecular flexibility index (Phi) is 5.09. The van der Waals surface area contributed by atoms with E-state index in [9.17, 15) is 4.79 Å². The quantitative estimate of drug-likeness (QED) is 0.638. The van der Waals surface area contributed by atoms with E-state index in [1.54, 1.807) is 11.3 Å². The smallest absolute Gasteiger partial charge is 0.257 e. The molecule has 0 aliphatic rings. The molecule has 4 heteroatoms. The number of hydrogen-bond donors (Lipinski definition) is 1. The molecule has 0 fully saturated rings. The van der Waals surface area contributed by atoms with Gasteiger partial charge in [0.1, 0.15) is 0 Å². The number of benzene rings is 1. The van der Waals surface area contributed by atoms with Gasteiger partial charge >= 0.3 is 0 Å². The molecule has 0 aliphatic heterocycles. The number of nitrogens with zero attached hydrogens (tertiary/aromatic N) is 1. The minimum absolute atomic E-state index is 0.0429. The fourth-order valence-electron chi connectivity index (χ4n) is 3.14. The van der Waals surface area contributed by atoms with Crippen molar-refractivity contribution in [3.05, 3.63) is 75.2 Å². The van der Waals surface area contributed by atoms with Crippen LogP contribution >= 0.6 is 11.3 Å². The second-order valence-corrected chi connectivity index (χ2v) is 7.68. The average Bonchev–Trinajstić information content (AvgIpc) is 3.19. The zero-order chi connectivity index (χ0) is 18.0. The van der Waals surface area contributed by atoms with Crippen molar-refractivity contribution in [3.8, 4) is 0 Å². The van der Waals surface area contributed by atoms with Crippen molar-refractivity contribution < 1.29 is 4.79 Å². The van der Waals surface area contributed by atoms with Crippen LogP contribution in [0.25, 0.3) is 0 Å². The summed E-state index contributed by atoms with van der Waals surface area (Å²) in [6.45, 7) is 9.16. The molecule has 2 aromatic heterocycles. The Balaban J connectivity index is 1.86. The SMILES string of the molecule is Cc1cc(C(=O)Nc2ccccc2C(C)C)c(C)n1Cc1cccs1. The molecule has 130 valence electrons. The fraction of sp³-hybridized carbons (Fsp3) is 0.286. The first-order chi connectivity index (χ1) is 12.0. The van der Waals surface area contributed by atoms with Crippen LogP contribution in [-0.2, 0) is 6.54 Å². The Morgan fingerprint density at radius 3 is 2.60 bits per heavy atom. The lowest BCUT2D eigenvalue weighted by atomic mass is 10.0. The molecule has 25 heavy (non-hydrogen) atoms. The Bertz CT molecular complexity index is 875. The maximum atomic E-state index is 12.9. The number of para-hydroxylation sites is 1. The summed E-state index contributed by atoms with van der Waals surface area (Å²) < 4.78 is 2.20. The van der Waals surface area contributed by atoms with Crippen molar-refractivity contribution in [1.29, 1.82) is 0 Å². The second kappa shape index (κ2) is 7.28. The Labute approximate surface area is 153 Å². The minimum atomic E-state index is -0.0429.